The molecule has 0 saturated carbocycles. The van der Waals surface area contributed by atoms with Crippen molar-refractivity contribution in [3.63, 3.8) is 0 Å². The van der Waals surface area contributed by atoms with Crippen molar-refractivity contribution in [2.75, 3.05) is 39.2 Å². The molecule has 0 N–H and O–H groups in total. The third-order valence-electron chi connectivity index (χ3n) is 1.74. The van der Waals surface area contributed by atoms with E-state index in [4.69, 9.17) is 8.27 Å². The zero-order valence-electron chi connectivity index (χ0n) is 10.6. The molecule has 0 bridgehead atoms. The molecule has 0 rings (SSSR count). The van der Waals surface area contributed by atoms with E-state index in [-0.39, 0.29) is 8.07 Å². The van der Waals surface area contributed by atoms with E-state index in [9.17, 15) is 0 Å². The fraction of sp³-hybridized carbons (Fsp3) is 1.00. The first-order chi connectivity index (χ1) is 6.07. The topological polar surface area (TPSA) is 24.7 Å². The molecular weight excluding hydrogens is 293 g/mol. The standard InChI is InChI=1S/C8H24AsN2P2S/c1-9(2)13(5,6)11-14(7,8)10-12(3)4/h1-8H3/q+1. The van der Waals surface area contributed by atoms with Crippen molar-refractivity contribution >= 4 is 37.9 Å². The van der Waals surface area contributed by atoms with Gasteiger partial charge in [-0.15, -0.1) is 0 Å². The average molecular weight is 317 g/mol. The van der Waals surface area contributed by atoms with Gasteiger partial charge < -0.3 is 0 Å². The quantitative estimate of drug-likeness (QED) is 0.558. The molecule has 0 atom stereocenters. The number of hydrogen-bond acceptors (Lipinski definition) is 2. The third kappa shape index (κ3) is 6.06. The molecule has 2 nitrogen and oxygen atoms in total. The Labute approximate surface area is 96.5 Å². The minimum absolute atomic E-state index is 0.158. The molecule has 0 amide bonds. The molecule has 14 heavy (non-hydrogen) atoms. The number of nitrogens with zero attached hydrogens (tertiary/aromatic N) is 2. The Hall–Kier alpha value is 1.37. The van der Waals surface area contributed by atoms with Gasteiger partial charge in [0.15, 0.2) is 0 Å². The zero-order chi connectivity index (χ0) is 11.6. The van der Waals surface area contributed by atoms with Gasteiger partial charge in [-0.05, 0) is 0 Å². The second-order valence-corrected chi connectivity index (χ2v) is 26.4. The van der Waals surface area contributed by atoms with Crippen LogP contribution in [0.3, 0.4) is 0 Å². The average Bonchev–Trinajstić information content (AvgIpc) is 1.79. The van der Waals surface area contributed by atoms with Crippen LogP contribution < -0.4 is 0 Å². The molecule has 0 aliphatic carbocycles. The predicted octanol–water partition coefficient (Wildman–Crippen LogP) is 3.87. The maximum atomic E-state index is 5.09. The molecule has 0 radical (unpaired) electrons. The van der Waals surface area contributed by atoms with E-state index in [0.717, 1.165) is 0 Å². The van der Waals surface area contributed by atoms with Gasteiger partial charge in [0.2, 0.25) is 0 Å². The molecule has 0 unspecified atom stereocenters. The maximum absolute atomic E-state index is 5.09. The molecule has 0 heterocycles. The summed E-state index contributed by atoms with van der Waals surface area (Å²) in [5, 5.41) is 0. The first-order valence-corrected chi connectivity index (χ1v) is 17.9. The number of hydrogen-bond donors (Lipinski definition) is 0. The van der Waals surface area contributed by atoms with Crippen LogP contribution >= 0.6 is 14.0 Å². The van der Waals surface area contributed by atoms with Crippen LogP contribution in [0.15, 0.2) is 8.27 Å². The van der Waals surface area contributed by atoms with Crippen molar-refractivity contribution in [2.24, 2.45) is 8.27 Å². The van der Waals surface area contributed by atoms with E-state index in [1.165, 1.54) is 0 Å². The fourth-order valence-corrected chi connectivity index (χ4v) is 15.2. The molecule has 86 valence electrons. The third-order valence-corrected chi connectivity index (χ3v) is 23.5. The second kappa shape index (κ2) is 5.62. The van der Waals surface area contributed by atoms with Crippen molar-refractivity contribution < 1.29 is 0 Å². The molecule has 0 aliphatic heterocycles. The van der Waals surface area contributed by atoms with Gasteiger partial charge in [-0.1, -0.05) is 0 Å². The summed E-state index contributed by atoms with van der Waals surface area (Å²) in [7, 11) is -1.18. The van der Waals surface area contributed by atoms with Crippen molar-refractivity contribution in [3.8, 4) is 0 Å². The fourth-order valence-electron chi connectivity index (χ4n) is 0.978. The van der Waals surface area contributed by atoms with Crippen LogP contribution in [-0.4, -0.2) is 53.4 Å². The van der Waals surface area contributed by atoms with Crippen LogP contribution in [0.1, 0.15) is 0 Å². The summed E-state index contributed by atoms with van der Waals surface area (Å²) < 4.78 is 9.90. The molecule has 0 aromatic heterocycles. The van der Waals surface area contributed by atoms with E-state index >= 15 is 0 Å². The Kier molecular flexibility index (Phi) is 6.17. The van der Waals surface area contributed by atoms with Crippen LogP contribution in [0.2, 0.25) is 11.4 Å². The molecule has 0 fully saturated rings. The first-order valence-electron chi connectivity index (χ1n) is 4.46. The van der Waals surface area contributed by atoms with E-state index in [1.807, 2.05) is 0 Å². The Morgan fingerprint density at radius 1 is 1.14 bits per heavy atom. The molecular formula is C8H24AsN2P2S+. The summed E-state index contributed by atoms with van der Waals surface area (Å²) in [6.45, 7) is 9.17. The van der Waals surface area contributed by atoms with Gasteiger partial charge in [-0.25, -0.2) is 0 Å². The Morgan fingerprint density at radius 2 is 1.57 bits per heavy atom. The van der Waals surface area contributed by atoms with Crippen molar-refractivity contribution in [1.29, 1.82) is 0 Å². The zero-order valence-corrected chi connectivity index (χ0v) is 15.1. The van der Waals surface area contributed by atoms with Gasteiger partial charge in [0.1, 0.15) is 0 Å². The van der Waals surface area contributed by atoms with Crippen LogP contribution in [0.25, 0.3) is 0 Å². The minimum atomic E-state index is -1.02. The van der Waals surface area contributed by atoms with E-state index in [0.29, 0.717) is 0 Å². The SMILES string of the molecule is CP(C)N=S(C)(C)=N[P+](C)(C)[As](C)C. The van der Waals surface area contributed by atoms with Crippen LogP contribution in [0.5, 0.6) is 0 Å². The summed E-state index contributed by atoms with van der Waals surface area (Å²) in [6, 6.07) is 0. The first kappa shape index (κ1) is 15.4. The molecule has 0 saturated heterocycles. The van der Waals surface area contributed by atoms with Crippen molar-refractivity contribution in [1.82, 2.24) is 0 Å². The molecule has 0 aromatic carbocycles. The van der Waals surface area contributed by atoms with Gasteiger partial charge in [-0.3, -0.25) is 0 Å². The van der Waals surface area contributed by atoms with Crippen LogP contribution in [0.4, 0.5) is 0 Å². The Morgan fingerprint density at radius 3 is 1.86 bits per heavy atom. The second-order valence-electron chi connectivity index (χ2n) is 4.41. The van der Waals surface area contributed by atoms with Crippen LogP contribution in [-0.2, 0) is 9.62 Å². The van der Waals surface area contributed by atoms with Crippen molar-refractivity contribution in [2.45, 2.75) is 11.4 Å². The van der Waals surface area contributed by atoms with Gasteiger partial charge >= 0.3 is 96.7 Å². The van der Waals surface area contributed by atoms with Gasteiger partial charge in [0, 0.05) is 0 Å². The van der Waals surface area contributed by atoms with E-state index < -0.39 is 29.8 Å². The van der Waals surface area contributed by atoms with Crippen molar-refractivity contribution in [3.05, 3.63) is 0 Å². The summed E-state index contributed by atoms with van der Waals surface area (Å²) in [6.07, 6.45) is 4.46. The van der Waals surface area contributed by atoms with Crippen LogP contribution in [0, 0.1) is 0 Å². The summed E-state index contributed by atoms with van der Waals surface area (Å²) >= 11 is -0.677. The predicted molar refractivity (Wildman–Crippen MR) is 79.1 cm³/mol. The van der Waals surface area contributed by atoms with Gasteiger partial charge in [-0.2, -0.15) is 0 Å². The molecule has 6 heteroatoms. The summed E-state index contributed by atoms with van der Waals surface area (Å²) in [5.41, 5.74) is 4.83. The van der Waals surface area contributed by atoms with Gasteiger partial charge in [0.25, 0.3) is 0 Å². The summed E-state index contributed by atoms with van der Waals surface area (Å²) in [4.78, 5) is 0. The van der Waals surface area contributed by atoms with E-state index in [2.05, 4.69) is 50.6 Å². The molecule has 0 aliphatic rings. The van der Waals surface area contributed by atoms with Gasteiger partial charge in [0.05, 0.1) is 0 Å². The normalized spacial score (nSPS) is 13.6. The van der Waals surface area contributed by atoms with E-state index in [1.54, 1.807) is 0 Å². The Balaban J connectivity index is 5.18. The molecule has 0 spiro atoms. The molecule has 0 aromatic rings. The monoisotopic (exact) mass is 317 g/mol. The number of rotatable bonds is 3. The summed E-state index contributed by atoms with van der Waals surface area (Å²) in [5.74, 6) is -0.968. The Bertz CT molecular complexity index is 296.